The van der Waals surface area contributed by atoms with Gasteiger partial charge in [-0.15, -0.1) is 0 Å². The van der Waals surface area contributed by atoms with E-state index in [1.54, 1.807) is 13.0 Å². The molecule has 0 saturated carbocycles. The van der Waals surface area contributed by atoms with Gasteiger partial charge in [-0.1, -0.05) is 11.6 Å². The van der Waals surface area contributed by atoms with E-state index < -0.39 is 6.43 Å². The van der Waals surface area contributed by atoms with E-state index in [1.165, 1.54) is 24.4 Å². The first-order valence-corrected chi connectivity index (χ1v) is 7.27. The van der Waals surface area contributed by atoms with Gasteiger partial charge in [0.25, 0.3) is 6.43 Å². The number of aromatic hydroxyl groups is 1. The van der Waals surface area contributed by atoms with Crippen LogP contribution < -0.4 is 5.43 Å². The Morgan fingerprint density at radius 3 is 2.77 bits per heavy atom. The van der Waals surface area contributed by atoms with Crippen molar-refractivity contribution in [1.29, 1.82) is 0 Å². The summed E-state index contributed by atoms with van der Waals surface area (Å²) in [5, 5.41) is 14.1. The number of benzene rings is 1. The average Bonchev–Trinajstić information content (AvgIpc) is 2.43. The van der Waals surface area contributed by atoms with Crippen molar-refractivity contribution < 1.29 is 13.9 Å². The van der Waals surface area contributed by atoms with Crippen LogP contribution in [0.2, 0.25) is 5.02 Å². The number of phenols is 1. The van der Waals surface area contributed by atoms with Crippen molar-refractivity contribution in [2.24, 2.45) is 5.10 Å². The number of hydrogen-bond acceptors (Lipinski definition) is 4. The number of hydrogen-bond donors (Lipinski definition) is 2. The van der Waals surface area contributed by atoms with Crippen molar-refractivity contribution in [2.75, 3.05) is 5.43 Å². The fourth-order valence-corrected chi connectivity index (χ4v) is 2.56. The predicted octanol–water partition coefficient (Wildman–Crippen LogP) is 4.90. The summed E-state index contributed by atoms with van der Waals surface area (Å²) in [6, 6.07) is 5.57. The number of halogens is 4. The molecule has 4 nitrogen and oxygen atoms in total. The second-order valence-electron chi connectivity index (χ2n) is 4.42. The van der Waals surface area contributed by atoms with Crippen LogP contribution in [0.25, 0.3) is 0 Å². The van der Waals surface area contributed by atoms with Crippen LogP contribution in [0.3, 0.4) is 0 Å². The van der Waals surface area contributed by atoms with Gasteiger partial charge in [-0.2, -0.15) is 5.10 Å². The van der Waals surface area contributed by atoms with Crippen LogP contribution in [-0.4, -0.2) is 16.3 Å². The number of hydrazone groups is 1. The van der Waals surface area contributed by atoms with Gasteiger partial charge in [-0.3, -0.25) is 5.43 Å². The molecule has 2 N–H and O–H groups in total. The van der Waals surface area contributed by atoms with Crippen molar-refractivity contribution >= 4 is 39.6 Å². The third-order valence-corrected chi connectivity index (χ3v) is 3.49. The maximum atomic E-state index is 12.7. The summed E-state index contributed by atoms with van der Waals surface area (Å²) in [5.41, 5.74) is 3.23. The molecule has 1 aromatic carbocycles. The number of pyridine rings is 1. The number of nitrogens with one attached hydrogen (secondary N) is 1. The molecule has 2 rings (SSSR count). The summed E-state index contributed by atoms with van der Waals surface area (Å²) >= 11 is 9.03. The fourth-order valence-electron chi connectivity index (χ4n) is 1.73. The third-order valence-electron chi connectivity index (χ3n) is 2.67. The molecule has 1 aromatic heterocycles. The van der Waals surface area contributed by atoms with Crippen LogP contribution in [0.15, 0.2) is 33.8 Å². The van der Waals surface area contributed by atoms with E-state index in [4.69, 9.17) is 11.6 Å². The maximum absolute atomic E-state index is 12.7. The van der Waals surface area contributed by atoms with Crippen LogP contribution in [0.1, 0.15) is 23.2 Å². The minimum atomic E-state index is -2.58. The van der Waals surface area contributed by atoms with Gasteiger partial charge in [0.2, 0.25) is 0 Å². The molecule has 0 fully saturated rings. The van der Waals surface area contributed by atoms with Gasteiger partial charge >= 0.3 is 0 Å². The Labute approximate surface area is 139 Å². The summed E-state index contributed by atoms with van der Waals surface area (Å²) in [7, 11) is 0. The van der Waals surface area contributed by atoms with E-state index in [1.807, 2.05) is 0 Å². The number of rotatable bonds is 4. The molecular formula is C14H11BrClF2N3O. The van der Waals surface area contributed by atoms with E-state index >= 15 is 0 Å². The van der Waals surface area contributed by atoms with Gasteiger partial charge in [0.15, 0.2) is 0 Å². The van der Waals surface area contributed by atoms with E-state index in [9.17, 15) is 13.9 Å². The van der Waals surface area contributed by atoms with Gasteiger partial charge in [-0.25, -0.2) is 13.8 Å². The van der Waals surface area contributed by atoms with Crippen LogP contribution in [0.5, 0.6) is 5.75 Å². The maximum Gasteiger partial charge on any atom is 0.264 e. The van der Waals surface area contributed by atoms with Crippen molar-refractivity contribution in [3.05, 3.63) is 50.6 Å². The van der Waals surface area contributed by atoms with Crippen molar-refractivity contribution in [3.8, 4) is 5.75 Å². The summed E-state index contributed by atoms with van der Waals surface area (Å²) in [6.07, 6.45) is -1.27. The average molecular weight is 391 g/mol. The van der Waals surface area contributed by atoms with Crippen molar-refractivity contribution in [1.82, 2.24) is 4.98 Å². The molecule has 2 aromatic rings. The number of aromatic nitrogens is 1. The Morgan fingerprint density at radius 2 is 2.09 bits per heavy atom. The smallest absolute Gasteiger partial charge is 0.264 e. The molecule has 0 aliphatic heterocycles. The van der Waals surface area contributed by atoms with Crippen LogP contribution in [0.4, 0.5) is 14.6 Å². The van der Waals surface area contributed by atoms with Gasteiger partial charge in [0, 0.05) is 21.8 Å². The van der Waals surface area contributed by atoms with E-state index in [-0.39, 0.29) is 17.1 Å². The minimum Gasteiger partial charge on any atom is -0.506 e. The second kappa shape index (κ2) is 7.02. The van der Waals surface area contributed by atoms with Crippen LogP contribution in [-0.2, 0) is 0 Å². The lowest BCUT2D eigenvalue weighted by Crippen LogP contribution is -1.98. The predicted molar refractivity (Wildman–Crippen MR) is 86.0 cm³/mol. The highest BCUT2D eigenvalue weighted by Crippen LogP contribution is 2.30. The van der Waals surface area contributed by atoms with Crippen LogP contribution >= 0.6 is 27.5 Å². The molecular weight excluding hydrogens is 380 g/mol. The zero-order valence-corrected chi connectivity index (χ0v) is 13.7. The summed E-state index contributed by atoms with van der Waals surface area (Å²) in [4.78, 5) is 4.05. The Hall–Kier alpha value is -1.73. The standard InChI is InChI=1S/C14H11BrClF2N3O/c1-7-2-8(14(17)18)4-12(20-7)21-19-6-9-3-10(16)5-11(15)13(9)22/h2-6,14,22H,1H3,(H,20,21)/b19-6+. The van der Waals surface area contributed by atoms with Gasteiger partial charge in [0.1, 0.15) is 11.6 Å². The topological polar surface area (TPSA) is 57.5 Å². The molecule has 0 bridgehead atoms. The molecule has 0 aliphatic rings. The van der Waals surface area contributed by atoms with Gasteiger partial charge in [0.05, 0.1) is 10.7 Å². The lowest BCUT2D eigenvalue weighted by atomic mass is 10.2. The van der Waals surface area contributed by atoms with E-state index in [2.05, 4.69) is 31.4 Å². The molecule has 0 radical (unpaired) electrons. The molecule has 22 heavy (non-hydrogen) atoms. The fraction of sp³-hybridized carbons (Fsp3) is 0.143. The minimum absolute atomic E-state index is 0.0274. The summed E-state index contributed by atoms with van der Waals surface area (Å²) in [6.45, 7) is 1.61. The van der Waals surface area contributed by atoms with E-state index in [0.717, 1.165) is 0 Å². The molecule has 116 valence electrons. The lowest BCUT2D eigenvalue weighted by Gasteiger charge is -2.06. The largest absolute Gasteiger partial charge is 0.506 e. The second-order valence-corrected chi connectivity index (χ2v) is 5.71. The molecule has 0 atom stereocenters. The first kappa shape index (κ1) is 16.6. The first-order chi connectivity index (χ1) is 10.4. The van der Waals surface area contributed by atoms with E-state index in [0.29, 0.717) is 20.8 Å². The number of phenolic OH excluding ortho intramolecular Hbond substituents is 1. The monoisotopic (exact) mass is 389 g/mol. The Morgan fingerprint density at radius 1 is 1.36 bits per heavy atom. The highest BCUT2D eigenvalue weighted by molar-refractivity contribution is 9.10. The molecule has 0 spiro atoms. The molecule has 0 unspecified atom stereocenters. The lowest BCUT2D eigenvalue weighted by molar-refractivity contribution is 0.151. The Bertz CT molecular complexity index is 725. The number of nitrogens with zero attached hydrogens (tertiary/aromatic N) is 2. The number of anilines is 1. The van der Waals surface area contributed by atoms with Gasteiger partial charge < -0.3 is 5.11 Å². The highest BCUT2D eigenvalue weighted by Gasteiger charge is 2.09. The third kappa shape index (κ3) is 4.14. The molecule has 1 heterocycles. The zero-order chi connectivity index (χ0) is 16.3. The molecule has 0 aliphatic carbocycles. The number of alkyl halides is 2. The summed E-state index contributed by atoms with van der Waals surface area (Å²) < 4.78 is 25.8. The zero-order valence-electron chi connectivity index (χ0n) is 11.3. The van der Waals surface area contributed by atoms with Crippen molar-refractivity contribution in [2.45, 2.75) is 13.3 Å². The molecule has 0 saturated heterocycles. The first-order valence-electron chi connectivity index (χ1n) is 6.10. The normalized spacial score (nSPS) is 11.4. The Balaban J connectivity index is 2.20. The van der Waals surface area contributed by atoms with Gasteiger partial charge in [-0.05, 0) is 47.1 Å². The van der Waals surface area contributed by atoms with Crippen LogP contribution in [0, 0.1) is 6.92 Å². The molecule has 0 amide bonds. The SMILES string of the molecule is Cc1cc(C(F)F)cc(N/N=C/c2cc(Cl)cc(Br)c2O)n1. The molecule has 8 heteroatoms. The highest BCUT2D eigenvalue weighted by atomic mass is 79.9. The summed E-state index contributed by atoms with van der Waals surface area (Å²) in [5.74, 6) is 0.160. The Kier molecular flexibility index (Phi) is 5.31. The number of aryl methyl sites for hydroxylation is 1. The quantitative estimate of drug-likeness (QED) is 0.577. The van der Waals surface area contributed by atoms with Crippen molar-refractivity contribution in [3.63, 3.8) is 0 Å².